The van der Waals surface area contributed by atoms with Crippen molar-refractivity contribution in [2.24, 2.45) is 0 Å². The van der Waals surface area contributed by atoms with Crippen LogP contribution in [-0.4, -0.2) is 36.7 Å². The molecular formula is C15H20N2O3. The van der Waals surface area contributed by atoms with Crippen molar-refractivity contribution in [2.45, 2.75) is 32.4 Å². The Kier molecular flexibility index (Phi) is 3.78. The zero-order valence-corrected chi connectivity index (χ0v) is 11.7. The molecule has 1 fully saturated rings. The second-order valence-electron chi connectivity index (χ2n) is 5.31. The number of hydrogen-bond acceptors (Lipinski definition) is 4. The normalized spacial score (nSPS) is 18.4. The van der Waals surface area contributed by atoms with E-state index in [0.717, 1.165) is 49.5 Å². The number of carbonyl (C=O) groups excluding carboxylic acids is 1. The number of likely N-dealkylation sites (tertiary alicyclic amines) is 1. The molecule has 5 nitrogen and oxygen atoms in total. The van der Waals surface area contributed by atoms with Crippen LogP contribution in [0.15, 0.2) is 18.2 Å². The van der Waals surface area contributed by atoms with Gasteiger partial charge in [0.2, 0.25) is 12.7 Å². The molecule has 1 amide bonds. The van der Waals surface area contributed by atoms with E-state index in [0.29, 0.717) is 12.8 Å². The number of benzene rings is 1. The Bertz CT molecular complexity index is 496. The molecule has 2 heterocycles. The number of nitrogens with one attached hydrogen (secondary N) is 1. The Hall–Kier alpha value is -1.75. The smallest absolute Gasteiger partial charge is 0.231 e. The van der Waals surface area contributed by atoms with Gasteiger partial charge in [0.1, 0.15) is 0 Å². The van der Waals surface area contributed by atoms with E-state index in [-0.39, 0.29) is 5.91 Å². The van der Waals surface area contributed by atoms with Gasteiger partial charge in [-0.3, -0.25) is 4.79 Å². The predicted molar refractivity (Wildman–Crippen MR) is 74.7 cm³/mol. The van der Waals surface area contributed by atoms with Gasteiger partial charge in [0.05, 0.1) is 0 Å². The van der Waals surface area contributed by atoms with Crippen molar-refractivity contribution in [1.82, 2.24) is 10.2 Å². The Labute approximate surface area is 118 Å². The zero-order valence-electron chi connectivity index (χ0n) is 11.7. The maximum atomic E-state index is 11.3. The van der Waals surface area contributed by atoms with Crippen LogP contribution in [-0.2, 0) is 11.3 Å². The van der Waals surface area contributed by atoms with Crippen molar-refractivity contribution in [3.8, 4) is 11.5 Å². The molecule has 0 atom stereocenters. The van der Waals surface area contributed by atoms with E-state index >= 15 is 0 Å². The highest BCUT2D eigenvalue weighted by molar-refractivity contribution is 5.73. The monoisotopic (exact) mass is 276 g/mol. The molecule has 0 spiro atoms. The van der Waals surface area contributed by atoms with E-state index in [2.05, 4.69) is 11.4 Å². The average molecular weight is 276 g/mol. The van der Waals surface area contributed by atoms with Crippen LogP contribution in [0.1, 0.15) is 25.3 Å². The topological polar surface area (TPSA) is 50.8 Å². The molecule has 1 aromatic carbocycles. The predicted octanol–water partition coefficient (Wildman–Crippen LogP) is 1.52. The summed E-state index contributed by atoms with van der Waals surface area (Å²) < 4.78 is 10.9. The van der Waals surface area contributed by atoms with Crippen LogP contribution >= 0.6 is 0 Å². The van der Waals surface area contributed by atoms with Gasteiger partial charge in [0, 0.05) is 38.2 Å². The van der Waals surface area contributed by atoms with Crippen molar-refractivity contribution in [3.63, 3.8) is 0 Å². The molecule has 0 unspecified atom stereocenters. The quantitative estimate of drug-likeness (QED) is 0.909. The maximum Gasteiger partial charge on any atom is 0.231 e. The van der Waals surface area contributed by atoms with Crippen LogP contribution in [0.2, 0.25) is 0 Å². The summed E-state index contributed by atoms with van der Waals surface area (Å²) in [6.07, 6.45) is 2.01. The van der Waals surface area contributed by atoms with Crippen molar-refractivity contribution in [1.29, 1.82) is 0 Å². The van der Waals surface area contributed by atoms with Gasteiger partial charge >= 0.3 is 0 Å². The SMILES string of the molecule is CC(=O)N1CCC(NCc2cccc3c2OCO3)CC1. The first-order valence-corrected chi connectivity index (χ1v) is 7.10. The van der Waals surface area contributed by atoms with Gasteiger partial charge in [-0.2, -0.15) is 0 Å². The fourth-order valence-corrected chi connectivity index (χ4v) is 2.78. The lowest BCUT2D eigenvalue weighted by Gasteiger charge is -2.31. The van der Waals surface area contributed by atoms with E-state index in [1.807, 2.05) is 17.0 Å². The van der Waals surface area contributed by atoms with Gasteiger partial charge in [-0.25, -0.2) is 0 Å². The molecule has 0 saturated carbocycles. The Balaban J connectivity index is 1.54. The fourth-order valence-electron chi connectivity index (χ4n) is 2.78. The van der Waals surface area contributed by atoms with Crippen LogP contribution in [0, 0.1) is 0 Å². The van der Waals surface area contributed by atoms with Crippen molar-refractivity contribution in [3.05, 3.63) is 23.8 Å². The number of ether oxygens (including phenoxy) is 2. The highest BCUT2D eigenvalue weighted by Crippen LogP contribution is 2.35. The van der Waals surface area contributed by atoms with Gasteiger partial charge in [0.15, 0.2) is 11.5 Å². The Morgan fingerprint density at radius 3 is 2.90 bits per heavy atom. The van der Waals surface area contributed by atoms with Crippen LogP contribution in [0.25, 0.3) is 0 Å². The summed E-state index contributed by atoms with van der Waals surface area (Å²) in [6, 6.07) is 6.44. The lowest BCUT2D eigenvalue weighted by atomic mass is 10.0. The Morgan fingerprint density at radius 2 is 2.15 bits per heavy atom. The largest absolute Gasteiger partial charge is 0.454 e. The third-order valence-electron chi connectivity index (χ3n) is 4.00. The number of amides is 1. The maximum absolute atomic E-state index is 11.3. The van der Waals surface area contributed by atoms with E-state index in [4.69, 9.17) is 9.47 Å². The fraction of sp³-hybridized carbons (Fsp3) is 0.533. The minimum absolute atomic E-state index is 0.176. The minimum Gasteiger partial charge on any atom is -0.454 e. The molecule has 0 bridgehead atoms. The lowest BCUT2D eigenvalue weighted by molar-refractivity contribution is -0.129. The standard InChI is InChI=1S/C15H20N2O3/c1-11(18)17-7-5-13(6-8-17)16-9-12-3-2-4-14-15(12)20-10-19-14/h2-4,13,16H,5-10H2,1H3. The summed E-state index contributed by atoms with van der Waals surface area (Å²) in [5.74, 6) is 1.87. The summed E-state index contributed by atoms with van der Waals surface area (Å²) in [7, 11) is 0. The number of rotatable bonds is 3. The molecule has 3 rings (SSSR count). The first kappa shape index (κ1) is 13.2. The van der Waals surface area contributed by atoms with Crippen LogP contribution < -0.4 is 14.8 Å². The molecule has 2 aliphatic rings. The number of piperidine rings is 1. The van der Waals surface area contributed by atoms with Gasteiger partial charge in [-0.05, 0) is 18.9 Å². The van der Waals surface area contributed by atoms with E-state index < -0.39 is 0 Å². The summed E-state index contributed by atoms with van der Waals surface area (Å²) >= 11 is 0. The third kappa shape index (κ3) is 2.72. The number of carbonyl (C=O) groups is 1. The highest BCUT2D eigenvalue weighted by atomic mass is 16.7. The zero-order chi connectivity index (χ0) is 13.9. The molecule has 2 aliphatic heterocycles. The van der Waals surface area contributed by atoms with Crippen molar-refractivity contribution < 1.29 is 14.3 Å². The average Bonchev–Trinajstić information content (AvgIpc) is 2.94. The molecule has 5 heteroatoms. The summed E-state index contributed by atoms with van der Waals surface area (Å²) in [6.45, 7) is 4.41. The first-order chi connectivity index (χ1) is 9.74. The lowest BCUT2D eigenvalue weighted by Crippen LogP contribution is -2.43. The van der Waals surface area contributed by atoms with Crippen LogP contribution in [0.3, 0.4) is 0 Å². The van der Waals surface area contributed by atoms with Gasteiger partial charge in [0.25, 0.3) is 0 Å². The molecular weight excluding hydrogens is 256 g/mol. The summed E-state index contributed by atoms with van der Waals surface area (Å²) in [5, 5.41) is 3.55. The molecule has 1 saturated heterocycles. The van der Waals surface area contributed by atoms with Crippen molar-refractivity contribution >= 4 is 5.91 Å². The first-order valence-electron chi connectivity index (χ1n) is 7.10. The van der Waals surface area contributed by atoms with Crippen LogP contribution in [0.4, 0.5) is 0 Å². The van der Waals surface area contributed by atoms with E-state index in [9.17, 15) is 4.79 Å². The molecule has 0 aliphatic carbocycles. The highest BCUT2D eigenvalue weighted by Gasteiger charge is 2.22. The van der Waals surface area contributed by atoms with E-state index in [1.165, 1.54) is 0 Å². The number of fused-ring (bicyclic) bond motifs is 1. The van der Waals surface area contributed by atoms with Gasteiger partial charge < -0.3 is 19.7 Å². The number of nitrogens with zero attached hydrogens (tertiary/aromatic N) is 1. The van der Waals surface area contributed by atoms with E-state index in [1.54, 1.807) is 6.92 Å². The number of hydrogen-bond donors (Lipinski definition) is 1. The van der Waals surface area contributed by atoms with Crippen molar-refractivity contribution in [2.75, 3.05) is 19.9 Å². The molecule has 0 radical (unpaired) electrons. The minimum atomic E-state index is 0.176. The Morgan fingerprint density at radius 1 is 1.35 bits per heavy atom. The molecule has 0 aromatic heterocycles. The van der Waals surface area contributed by atoms with Gasteiger partial charge in [-0.1, -0.05) is 12.1 Å². The molecule has 20 heavy (non-hydrogen) atoms. The summed E-state index contributed by atoms with van der Waals surface area (Å²) in [4.78, 5) is 13.2. The molecule has 1 aromatic rings. The van der Waals surface area contributed by atoms with Gasteiger partial charge in [-0.15, -0.1) is 0 Å². The number of para-hydroxylation sites is 1. The second-order valence-corrected chi connectivity index (χ2v) is 5.31. The summed E-state index contributed by atoms with van der Waals surface area (Å²) in [5.41, 5.74) is 1.13. The van der Waals surface area contributed by atoms with Crippen LogP contribution in [0.5, 0.6) is 11.5 Å². The second kappa shape index (κ2) is 5.71. The molecule has 1 N–H and O–H groups in total. The molecule has 108 valence electrons. The third-order valence-corrected chi connectivity index (χ3v) is 4.00.